The number of halogens is 1. The van der Waals surface area contributed by atoms with Crippen molar-refractivity contribution in [1.29, 1.82) is 0 Å². The van der Waals surface area contributed by atoms with Crippen LogP contribution >= 0.6 is 0 Å². The Bertz CT molecular complexity index is 822. The minimum atomic E-state index is -0.344. The van der Waals surface area contributed by atoms with Crippen molar-refractivity contribution in [3.8, 4) is 0 Å². The Hall–Kier alpha value is -2.50. The van der Waals surface area contributed by atoms with Crippen molar-refractivity contribution in [3.63, 3.8) is 0 Å². The number of nitrogens with one attached hydrogen (secondary N) is 1. The average molecular weight is 312 g/mol. The van der Waals surface area contributed by atoms with E-state index in [9.17, 15) is 9.18 Å². The fraction of sp³-hybridized carbons (Fsp3) is 0.353. The van der Waals surface area contributed by atoms with Crippen LogP contribution in [0.2, 0.25) is 0 Å². The number of carbonyl (C=O) groups excluding carboxylic acids is 1. The third-order valence-electron chi connectivity index (χ3n) is 4.42. The first-order valence-electron chi connectivity index (χ1n) is 7.75. The van der Waals surface area contributed by atoms with Gasteiger partial charge in [-0.15, -0.1) is 0 Å². The van der Waals surface area contributed by atoms with Crippen molar-refractivity contribution in [3.05, 3.63) is 52.7 Å². The molecule has 5 nitrogen and oxygen atoms in total. The summed E-state index contributed by atoms with van der Waals surface area (Å²) in [5.74, 6) is 1.41. The van der Waals surface area contributed by atoms with Crippen molar-refractivity contribution in [2.45, 2.75) is 32.7 Å². The molecule has 0 spiro atoms. The minimum absolute atomic E-state index is 0.124. The normalized spacial score (nSPS) is 23.3. The molecule has 0 amide bonds. The third-order valence-corrected chi connectivity index (χ3v) is 4.42. The second kappa shape index (κ2) is 5.01. The zero-order valence-electron chi connectivity index (χ0n) is 13.0. The van der Waals surface area contributed by atoms with Gasteiger partial charge in [0.15, 0.2) is 5.78 Å². The molecule has 2 heterocycles. The number of carbonyl (C=O) groups is 1. The van der Waals surface area contributed by atoms with Gasteiger partial charge in [-0.3, -0.25) is 4.79 Å². The van der Waals surface area contributed by atoms with Gasteiger partial charge in [-0.05, 0) is 37.0 Å². The van der Waals surface area contributed by atoms with Gasteiger partial charge in [0.2, 0.25) is 5.95 Å². The van der Waals surface area contributed by atoms with Crippen LogP contribution in [0.3, 0.4) is 0 Å². The van der Waals surface area contributed by atoms with Gasteiger partial charge >= 0.3 is 0 Å². The van der Waals surface area contributed by atoms with Gasteiger partial charge < -0.3 is 5.32 Å². The standard InChI is InChI=1S/C17H17FN4O/c1-9-7-13-15(14(23)8-9)16(11-3-5-12(18)6-4-11)22-17(20-13)19-10(2)21-22/h3-6,9,16H,7-8H2,1-2H3,(H,19,20,21)/t9-,16-/m1/s1. The SMILES string of the molecule is Cc1nc2n(n1)[C@H](c1ccc(F)cc1)C1=C(C[C@@H](C)CC1=O)N2. The second-order valence-corrected chi connectivity index (χ2v) is 6.34. The number of benzene rings is 1. The first kappa shape index (κ1) is 14.1. The summed E-state index contributed by atoms with van der Waals surface area (Å²) in [6, 6.07) is 5.90. The van der Waals surface area contributed by atoms with Crippen LogP contribution in [0.15, 0.2) is 35.5 Å². The van der Waals surface area contributed by atoms with E-state index in [1.807, 2.05) is 6.92 Å². The molecule has 2 atom stereocenters. The lowest BCUT2D eigenvalue weighted by Gasteiger charge is -2.34. The maximum absolute atomic E-state index is 13.3. The lowest BCUT2D eigenvalue weighted by molar-refractivity contribution is -0.117. The Morgan fingerprint density at radius 1 is 1.26 bits per heavy atom. The highest BCUT2D eigenvalue weighted by atomic mass is 19.1. The lowest BCUT2D eigenvalue weighted by atomic mass is 9.81. The average Bonchev–Trinajstić information content (AvgIpc) is 2.85. The molecule has 4 rings (SSSR count). The molecule has 0 radical (unpaired) electrons. The molecular formula is C17H17FN4O. The van der Waals surface area contributed by atoms with Crippen LogP contribution in [0.25, 0.3) is 0 Å². The third kappa shape index (κ3) is 2.25. The van der Waals surface area contributed by atoms with Gasteiger partial charge in [0.25, 0.3) is 0 Å². The molecule has 118 valence electrons. The molecule has 0 saturated heterocycles. The van der Waals surface area contributed by atoms with Crippen molar-refractivity contribution in [1.82, 2.24) is 14.8 Å². The number of aryl methyl sites for hydroxylation is 1. The number of hydrogen-bond donors (Lipinski definition) is 1. The van der Waals surface area contributed by atoms with Crippen LogP contribution in [-0.2, 0) is 4.79 Å². The number of ketones is 1. The topological polar surface area (TPSA) is 59.8 Å². The molecule has 1 N–H and O–H groups in total. The zero-order chi connectivity index (χ0) is 16.1. The van der Waals surface area contributed by atoms with Crippen LogP contribution in [0.5, 0.6) is 0 Å². The van der Waals surface area contributed by atoms with Crippen LogP contribution in [0, 0.1) is 18.7 Å². The lowest BCUT2D eigenvalue weighted by Crippen LogP contribution is -2.33. The summed E-state index contributed by atoms with van der Waals surface area (Å²) in [5, 5.41) is 7.70. The number of aromatic nitrogens is 3. The van der Waals surface area contributed by atoms with E-state index >= 15 is 0 Å². The smallest absolute Gasteiger partial charge is 0.226 e. The van der Waals surface area contributed by atoms with Crippen LogP contribution in [-0.4, -0.2) is 20.5 Å². The maximum Gasteiger partial charge on any atom is 0.226 e. The van der Waals surface area contributed by atoms with Crippen LogP contribution < -0.4 is 5.32 Å². The second-order valence-electron chi connectivity index (χ2n) is 6.34. The summed E-state index contributed by atoms with van der Waals surface area (Å²) < 4.78 is 15.0. The predicted molar refractivity (Wildman–Crippen MR) is 83.4 cm³/mol. The molecule has 1 aliphatic heterocycles. The molecule has 2 aromatic rings. The molecule has 1 aliphatic carbocycles. The van der Waals surface area contributed by atoms with Gasteiger partial charge in [-0.2, -0.15) is 10.1 Å². The molecular weight excluding hydrogens is 295 g/mol. The van der Waals surface area contributed by atoms with Crippen molar-refractivity contribution in [2.24, 2.45) is 5.92 Å². The Morgan fingerprint density at radius 3 is 2.74 bits per heavy atom. The molecule has 2 aliphatic rings. The van der Waals surface area contributed by atoms with E-state index in [-0.39, 0.29) is 17.6 Å². The number of anilines is 1. The van der Waals surface area contributed by atoms with E-state index in [0.29, 0.717) is 24.1 Å². The van der Waals surface area contributed by atoms with Crippen molar-refractivity contribution < 1.29 is 9.18 Å². The van der Waals surface area contributed by atoms with E-state index < -0.39 is 0 Å². The molecule has 1 aromatic heterocycles. The van der Waals surface area contributed by atoms with Gasteiger partial charge in [-0.1, -0.05) is 19.1 Å². The van der Waals surface area contributed by atoms with Gasteiger partial charge in [0, 0.05) is 17.7 Å². The molecule has 0 bridgehead atoms. The molecule has 1 aromatic carbocycles. The zero-order valence-corrected chi connectivity index (χ0v) is 13.0. The van der Waals surface area contributed by atoms with Crippen molar-refractivity contribution in [2.75, 3.05) is 5.32 Å². The molecule has 0 fully saturated rings. The number of hydrogen-bond acceptors (Lipinski definition) is 4. The van der Waals surface area contributed by atoms with E-state index in [2.05, 4.69) is 22.3 Å². The van der Waals surface area contributed by atoms with E-state index in [1.165, 1.54) is 12.1 Å². The number of rotatable bonds is 1. The number of allylic oxidation sites excluding steroid dienone is 2. The fourth-order valence-corrected chi connectivity index (χ4v) is 3.47. The van der Waals surface area contributed by atoms with Crippen molar-refractivity contribution >= 4 is 11.7 Å². The number of nitrogens with zero attached hydrogens (tertiary/aromatic N) is 3. The summed E-state index contributed by atoms with van der Waals surface area (Å²) in [7, 11) is 0. The largest absolute Gasteiger partial charge is 0.328 e. The maximum atomic E-state index is 13.3. The summed E-state index contributed by atoms with van der Waals surface area (Å²) in [5.41, 5.74) is 2.49. The summed E-state index contributed by atoms with van der Waals surface area (Å²) in [6.45, 7) is 3.89. The van der Waals surface area contributed by atoms with E-state index in [4.69, 9.17) is 0 Å². The Kier molecular flexibility index (Phi) is 3.07. The highest BCUT2D eigenvalue weighted by molar-refractivity contribution is 5.99. The van der Waals surface area contributed by atoms with Crippen LogP contribution in [0.1, 0.15) is 37.2 Å². The Balaban J connectivity index is 1.91. The molecule has 6 heteroatoms. The van der Waals surface area contributed by atoms with E-state index in [1.54, 1.807) is 16.8 Å². The first-order chi connectivity index (χ1) is 11.0. The quantitative estimate of drug-likeness (QED) is 0.879. The van der Waals surface area contributed by atoms with Gasteiger partial charge in [0.05, 0.1) is 0 Å². The first-order valence-corrected chi connectivity index (χ1v) is 7.75. The Morgan fingerprint density at radius 2 is 2.00 bits per heavy atom. The fourth-order valence-electron chi connectivity index (χ4n) is 3.47. The monoisotopic (exact) mass is 312 g/mol. The minimum Gasteiger partial charge on any atom is -0.328 e. The van der Waals surface area contributed by atoms with E-state index in [0.717, 1.165) is 23.3 Å². The predicted octanol–water partition coefficient (Wildman–Crippen LogP) is 2.99. The molecule has 23 heavy (non-hydrogen) atoms. The highest BCUT2D eigenvalue weighted by Gasteiger charge is 2.38. The van der Waals surface area contributed by atoms with Crippen LogP contribution in [0.4, 0.5) is 10.3 Å². The summed E-state index contributed by atoms with van der Waals surface area (Å²) in [6.07, 6.45) is 1.34. The Labute approximate surface area is 133 Å². The number of Topliss-reactive ketones (excluding diaryl/α,β-unsaturated/α-hetero) is 1. The summed E-state index contributed by atoms with van der Waals surface area (Å²) in [4.78, 5) is 17.1. The molecule has 0 unspecified atom stereocenters. The highest BCUT2D eigenvalue weighted by Crippen LogP contribution is 2.41. The number of fused-ring (bicyclic) bond motifs is 1. The molecule has 0 saturated carbocycles. The van der Waals surface area contributed by atoms with Gasteiger partial charge in [0.1, 0.15) is 17.7 Å². The van der Waals surface area contributed by atoms with Gasteiger partial charge in [-0.25, -0.2) is 9.07 Å². The summed E-state index contributed by atoms with van der Waals surface area (Å²) >= 11 is 0.